The number of piperidine rings is 2. The molecule has 0 bridgehead atoms. The summed E-state index contributed by atoms with van der Waals surface area (Å²) in [5, 5.41) is 11.1. The van der Waals surface area contributed by atoms with E-state index in [0.717, 1.165) is 92.2 Å². The van der Waals surface area contributed by atoms with E-state index in [1.54, 1.807) is 30.5 Å². The molecule has 2 aliphatic rings. The van der Waals surface area contributed by atoms with Gasteiger partial charge in [0.05, 0.1) is 12.5 Å². The van der Waals surface area contributed by atoms with E-state index in [2.05, 4.69) is 45.4 Å². The fourth-order valence-corrected chi connectivity index (χ4v) is 8.04. The molecule has 7 N–H and O–H groups in total. The number of furan rings is 2. The molecule has 8 heterocycles. The smallest absolute Gasteiger partial charge is 0.259 e. The molecule has 0 aliphatic carbocycles. The van der Waals surface area contributed by atoms with Crippen molar-refractivity contribution in [1.82, 2.24) is 58.9 Å². The van der Waals surface area contributed by atoms with Crippen LogP contribution in [-0.4, -0.2) is 125 Å². The topological polar surface area (TPSA) is 303 Å². The number of benzene rings is 2. The quantitative estimate of drug-likeness (QED) is 0.141. The van der Waals surface area contributed by atoms with Crippen molar-refractivity contribution in [2.45, 2.75) is 56.5 Å². The molecule has 6 aromatic heterocycles. The summed E-state index contributed by atoms with van der Waals surface area (Å²) in [5.41, 5.74) is 21.0. The third-order valence-corrected chi connectivity index (χ3v) is 11.9. The molecule has 8 aromatic rings. The van der Waals surface area contributed by atoms with Crippen molar-refractivity contribution in [1.29, 1.82) is 0 Å². The Morgan fingerprint density at radius 3 is 1.54 bits per heavy atom. The van der Waals surface area contributed by atoms with Crippen molar-refractivity contribution < 1.29 is 26.8 Å². The SMILES string of the molecule is CS(=O)(=O)c1nc(N)n2nc(-c3ccco3)nc2n1.NCCc1ccc(C(=O)N2CCCCC2)cc1.Nc1nc(NCCc2ccc(C(=O)N3CCCCC3)cc2)nc2nc(-c3ccco3)nn12. The lowest BCUT2D eigenvalue weighted by molar-refractivity contribution is 0.0717. The van der Waals surface area contributed by atoms with Gasteiger partial charge in [-0.1, -0.05) is 24.3 Å². The Bertz CT molecular complexity index is 3050. The first-order valence-electron chi connectivity index (χ1n) is 22.2. The minimum absolute atomic E-state index is 0.0410. The fraction of sp³-hybridized carbons (Fsp3) is 0.333. The summed E-state index contributed by atoms with van der Waals surface area (Å²) in [6, 6.07) is 22.5. The van der Waals surface area contributed by atoms with Gasteiger partial charge in [-0.15, -0.1) is 10.2 Å². The lowest BCUT2D eigenvalue weighted by atomic mass is 10.1. The molecule has 0 unspecified atom stereocenters. The van der Waals surface area contributed by atoms with Crippen LogP contribution in [0, 0.1) is 0 Å². The Balaban J connectivity index is 0.000000148. The Morgan fingerprint density at radius 2 is 1.09 bits per heavy atom. The number of rotatable bonds is 11. The van der Waals surface area contributed by atoms with E-state index in [1.807, 2.05) is 58.3 Å². The Labute approximate surface area is 390 Å². The fourth-order valence-electron chi connectivity index (χ4n) is 7.53. The van der Waals surface area contributed by atoms with Crippen LogP contribution in [0.1, 0.15) is 70.4 Å². The number of nitrogens with one attached hydrogen (secondary N) is 1. The minimum atomic E-state index is -3.57. The highest BCUT2D eigenvalue weighted by atomic mass is 32.2. The molecule has 22 nitrogen and oxygen atoms in total. The number of anilines is 3. The highest BCUT2D eigenvalue weighted by molar-refractivity contribution is 7.90. The van der Waals surface area contributed by atoms with Crippen LogP contribution in [0.15, 0.2) is 99.3 Å². The first-order chi connectivity index (χ1) is 32.9. The van der Waals surface area contributed by atoms with Gasteiger partial charge in [-0.25, -0.2) is 8.42 Å². The van der Waals surface area contributed by atoms with Crippen LogP contribution in [0.4, 0.5) is 17.8 Å². The van der Waals surface area contributed by atoms with Crippen LogP contribution in [0.5, 0.6) is 0 Å². The van der Waals surface area contributed by atoms with Gasteiger partial charge in [-0.05, 0) is 118 Å². The van der Waals surface area contributed by atoms with Gasteiger partial charge in [0.25, 0.3) is 28.5 Å². The highest BCUT2D eigenvalue weighted by Gasteiger charge is 2.21. The zero-order valence-electron chi connectivity index (χ0n) is 37.4. The van der Waals surface area contributed by atoms with E-state index in [-0.39, 0.29) is 35.3 Å². The van der Waals surface area contributed by atoms with Crippen molar-refractivity contribution in [3.8, 4) is 23.2 Å². The highest BCUT2D eigenvalue weighted by Crippen LogP contribution is 2.20. The molecular formula is C45H52N16O6S. The second kappa shape index (κ2) is 21.2. The van der Waals surface area contributed by atoms with Crippen LogP contribution < -0.4 is 22.5 Å². The van der Waals surface area contributed by atoms with Crippen LogP contribution in [0.3, 0.4) is 0 Å². The largest absolute Gasteiger partial charge is 0.461 e. The number of carbonyl (C=O) groups is 2. The third kappa shape index (κ3) is 11.4. The second-order valence-electron chi connectivity index (χ2n) is 16.1. The molecule has 0 spiro atoms. The number of sulfone groups is 1. The number of fused-ring (bicyclic) bond motifs is 2. The summed E-state index contributed by atoms with van der Waals surface area (Å²) in [5.74, 6) is 2.72. The molecule has 2 aromatic carbocycles. The van der Waals surface area contributed by atoms with Crippen molar-refractivity contribution >= 4 is 51.1 Å². The first kappa shape index (κ1) is 46.7. The summed E-state index contributed by atoms with van der Waals surface area (Å²) < 4.78 is 35.8. The number of nitrogen functional groups attached to an aromatic ring is 2. The van der Waals surface area contributed by atoms with Crippen molar-refractivity contribution in [3.05, 3.63) is 108 Å². The number of aromatic nitrogens is 10. The number of nitrogens with two attached hydrogens (primary N) is 3. The molecule has 23 heteroatoms. The Morgan fingerprint density at radius 1 is 0.618 bits per heavy atom. The van der Waals surface area contributed by atoms with Gasteiger partial charge in [-0.3, -0.25) is 9.59 Å². The van der Waals surface area contributed by atoms with Crippen LogP contribution in [-0.2, 0) is 22.7 Å². The maximum absolute atomic E-state index is 12.6. The second-order valence-corrected chi connectivity index (χ2v) is 18.0. The van der Waals surface area contributed by atoms with E-state index >= 15 is 0 Å². The van der Waals surface area contributed by atoms with E-state index < -0.39 is 15.0 Å². The Kier molecular flexibility index (Phi) is 14.6. The van der Waals surface area contributed by atoms with Crippen molar-refractivity contribution in [2.75, 3.05) is 62.3 Å². The number of likely N-dealkylation sites (tertiary alicyclic amines) is 2. The van der Waals surface area contributed by atoms with Gasteiger partial charge < -0.3 is 41.2 Å². The molecule has 10 rings (SSSR count). The summed E-state index contributed by atoms with van der Waals surface area (Å²) in [4.78, 5) is 53.2. The zero-order valence-corrected chi connectivity index (χ0v) is 38.3. The summed E-state index contributed by atoms with van der Waals surface area (Å²) in [7, 11) is -3.57. The van der Waals surface area contributed by atoms with Gasteiger partial charge in [0.1, 0.15) is 0 Å². The first-order valence-corrected chi connectivity index (χ1v) is 24.1. The number of hydrogen-bond acceptors (Lipinski definition) is 18. The van der Waals surface area contributed by atoms with E-state index in [0.29, 0.717) is 42.2 Å². The minimum Gasteiger partial charge on any atom is -0.461 e. The maximum Gasteiger partial charge on any atom is 0.259 e. The molecule has 0 radical (unpaired) electrons. The normalized spacial score (nSPS) is 14.0. The zero-order chi connectivity index (χ0) is 47.6. The predicted octanol–water partition coefficient (Wildman–Crippen LogP) is 4.22. The van der Waals surface area contributed by atoms with E-state index in [4.69, 9.17) is 26.0 Å². The van der Waals surface area contributed by atoms with Gasteiger partial charge in [0, 0.05) is 50.1 Å². The number of carbonyl (C=O) groups excluding carboxylic acids is 2. The molecule has 2 saturated heterocycles. The average molecular weight is 945 g/mol. The molecular weight excluding hydrogens is 893 g/mol. The lowest BCUT2D eigenvalue weighted by Crippen LogP contribution is -2.35. The summed E-state index contributed by atoms with van der Waals surface area (Å²) in [6.45, 7) is 4.78. The van der Waals surface area contributed by atoms with E-state index in [9.17, 15) is 18.0 Å². The molecule has 0 atom stereocenters. The van der Waals surface area contributed by atoms with Crippen molar-refractivity contribution in [2.24, 2.45) is 5.73 Å². The average Bonchev–Trinajstić information content (AvgIpc) is 4.21. The van der Waals surface area contributed by atoms with Gasteiger partial charge in [-0.2, -0.15) is 38.9 Å². The van der Waals surface area contributed by atoms with Crippen LogP contribution >= 0.6 is 0 Å². The van der Waals surface area contributed by atoms with E-state index in [1.165, 1.54) is 29.2 Å². The Hall–Kier alpha value is -7.79. The van der Waals surface area contributed by atoms with Crippen LogP contribution in [0.2, 0.25) is 0 Å². The molecule has 68 heavy (non-hydrogen) atoms. The van der Waals surface area contributed by atoms with Gasteiger partial charge >= 0.3 is 0 Å². The molecule has 354 valence electrons. The standard InChI is InChI=1S/C22H24N8O2.C14H20N2O.C9H8N6O3S/c23-20-26-21(27-22-25-18(28-30(20)22)17-5-4-14-32-17)24-11-10-15-6-8-16(9-7-15)19(31)29-12-2-1-3-13-29;15-9-8-12-4-6-13(7-5-12)14(17)16-10-2-1-3-11-16;1-19(16,17)9-12-7(10)15-8(13-9)11-6(14-15)5-3-2-4-18-5/h4-9,14H,1-3,10-13H2,(H3,23,24,25,26,27,28);4-7H,1-3,8-11,15H2;2-4H,1H3,(H2,10,11,12,13,14). The third-order valence-electron chi connectivity index (χ3n) is 11.1. The molecule has 0 saturated carbocycles. The van der Waals surface area contributed by atoms with Crippen molar-refractivity contribution in [3.63, 3.8) is 0 Å². The maximum atomic E-state index is 12.6. The van der Waals surface area contributed by atoms with Gasteiger partial charge in [0.15, 0.2) is 11.5 Å². The monoisotopic (exact) mass is 944 g/mol. The molecule has 2 aliphatic heterocycles. The van der Waals surface area contributed by atoms with Gasteiger partial charge in [0.2, 0.25) is 39.3 Å². The number of hydrogen-bond donors (Lipinski definition) is 4. The number of amides is 2. The molecule has 2 amide bonds. The summed E-state index contributed by atoms with van der Waals surface area (Å²) in [6.07, 6.45) is 12.5. The lowest BCUT2D eigenvalue weighted by Gasteiger charge is -2.26. The predicted molar refractivity (Wildman–Crippen MR) is 252 cm³/mol. The summed E-state index contributed by atoms with van der Waals surface area (Å²) >= 11 is 0. The van der Waals surface area contributed by atoms with Crippen LogP contribution in [0.25, 0.3) is 34.7 Å². The molecule has 2 fully saturated rings. The number of nitrogens with zero attached hydrogens (tertiary/aromatic N) is 12.